The van der Waals surface area contributed by atoms with Crippen LogP contribution in [-0.2, 0) is 16.0 Å². The molecule has 41 heavy (non-hydrogen) atoms. The van der Waals surface area contributed by atoms with Crippen molar-refractivity contribution in [3.8, 4) is 0 Å². The predicted octanol–water partition coefficient (Wildman–Crippen LogP) is 4.29. The van der Waals surface area contributed by atoms with Gasteiger partial charge in [0.2, 0.25) is 0 Å². The molecule has 0 unspecified atom stereocenters. The van der Waals surface area contributed by atoms with Gasteiger partial charge in [0.05, 0.1) is 13.2 Å². The Balaban J connectivity index is 1.29. The quantitative estimate of drug-likeness (QED) is 0.359. The van der Waals surface area contributed by atoms with E-state index < -0.39 is 17.5 Å². The lowest BCUT2D eigenvalue weighted by Crippen LogP contribution is -2.61. The Labute approximate surface area is 241 Å². The molecule has 5 rings (SSSR count). The molecule has 0 atom stereocenters. The molecule has 1 saturated carbocycles. The largest absolute Gasteiger partial charge is 0.451 e. The highest BCUT2D eigenvalue weighted by atomic mass is 16.5. The number of fused-ring (bicyclic) bond motifs is 1. The van der Waals surface area contributed by atoms with Gasteiger partial charge in [-0.15, -0.1) is 0 Å². The molecule has 218 valence electrons. The third-order valence-electron chi connectivity index (χ3n) is 8.10. The summed E-state index contributed by atoms with van der Waals surface area (Å²) in [6.45, 7) is 6.77. The van der Waals surface area contributed by atoms with Gasteiger partial charge < -0.3 is 19.8 Å². The van der Waals surface area contributed by atoms with Crippen LogP contribution < -0.4 is 10.6 Å². The molecule has 3 aromatic rings. The molecule has 1 aromatic heterocycles. The summed E-state index contributed by atoms with van der Waals surface area (Å²) in [7, 11) is 0. The topological polar surface area (TPSA) is 104 Å². The van der Waals surface area contributed by atoms with Crippen molar-refractivity contribution in [3.05, 3.63) is 71.5 Å². The average molecular weight is 561 g/mol. The van der Waals surface area contributed by atoms with Gasteiger partial charge in [0.25, 0.3) is 11.8 Å². The van der Waals surface area contributed by atoms with E-state index in [0.29, 0.717) is 31.4 Å². The number of urea groups is 1. The van der Waals surface area contributed by atoms with Crippen molar-refractivity contribution in [3.63, 3.8) is 0 Å². The Bertz CT molecular complexity index is 1340. The summed E-state index contributed by atoms with van der Waals surface area (Å²) in [4.78, 5) is 44.7. The van der Waals surface area contributed by atoms with Crippen LogP contribution in [0, 0.1) is 6.92 Å². The number of hydrogen-bond acceptors (Lipinski definition) is 6. The molecule has 1 saturated heterocycles. The summed E-state index contributed by atoms with van der Waals surface area (Å²) in [5.74, 6) is -0.645. The molecule has 2 aromatic carbocycles. The van der Waals surface area contributed by atoms with Gasteiger partial charge in [0, 0.05) is 31.6 Å². The summed E-state index contributed by atoms with van der Waals surface area (Å²) in [6.07, 6.45) is 3.84. The number of nitrogens with one attached hydrogen (secondary N) is 2. The maximum absolute atomic E-state index is 14.2. The zero-order valence-electron chi connectivity index (χ0n) is 23.8. The van der Waals surface area contributed by atoms with Gasteiger partial charge in [-0.1, -0.05) is 54.8 Å². The molecule has 1 aliphatic carbocycles. The first-order chi connectivity index (χ1) is 19.9. The minimum absolute atomic E-state index is 0.160. The molecule has 9 nitrogen and oxygen atoms in total. The van der Waals surface area contributed by atoms with E-state index in [0.717, 1.165) is 68.6 Å². The summed E-state index contributed by atoms with van der Waals surface area (Å²) in [5, 5.41) is 6.81. The van der Waals surface area contributed by atoms with Crippen LogP contribution in [-0.4, -0.2) is 79.1 Å². The Morgan fingerprint density at radius 1 is 1.00 bits per heavy atom. The third kappa shape index (κ3) is 7.15. The van der Waals surface area contributed by atoms with E-state index in [4.69, 9.17) is 9.15 Å². The van der Waals surface area contributed by atoms with Crippen molar-refractivity contribution in [1.29, 1.82) is 0 Å². The summed E-state index contributed by atoms with van der Waals surface area (Å²) in [6, 6.07) is 16.8. The zero-order chi connectivity index (χ0) is 28.7. The number of furan rings is 1. The number of hydrogen-bond donors (Lipinski definition) is 2. The molecular weight excluding hydrogens is 520 g/mol. The molecule has 2 fully saturated rings. The SMILES string of the molecule is Cc1ccc2oc(C(=O)NC3(C(=O)N(CCc4ccccc4)C(=O)NCCCN4CCOCC4)CCCC3)cc2c1. The van der Waals surface area contributed by atoms with Gasteiger partial charge in [-0.2, -0.15) is 0 Å². The van der Waals surface area contributed by atoms with Crippen molar-refractivity contribution in [1.82, 2.24) is 20.4 Å². The summed E-state index contributed by atoms with van der Waals surface area (Å²) >= 11 is 0. The van der Waals surface area contributed by atoms with Gasteiger partial charge in [0.1, 0.15) is 11.1 Å². The van der Waals surface area contributed by atoms with E-state index in [1.165, 1.54) is 4.90 Å². The van der Waals surface area contributed by atoms with Gasteiger partial charge in [-0.25, -0.2) is 4.79 Å². The molecule has 0 bridgehead atoms. The first kappa shape index (κ1) is 28.8. The molecular formula is C32H40N4O5. The highest BCUT2D eigenvalue weighted by Crippen LogP contribution is 2.33. The number of rotatable bonds is 10. The second-order valence-electron chi connectivity index (χ2n) is 11.1. The molecule has 2 aliphatic rings. The lowest BCUT2D eigenvalue weighted by atomic mass is 9.94. The van der Waals surface area contributed by atoms with Crippen LogP contribution in [0.15, 0.2) is 59.0 Å². The van der Waals surface area contributed by atoms with Crippen LogP contribution in [0.1, 0.15) is 53.8 Å². The molecule has 2 N–H and O–H groups in total. The molecule has 0 radical (unpaired) electrons. The summed E-state index contributed by atoms with van der Waals surface area (Å²) in [5.41, 5.74) is 1.56. The Kier molecular flexibility index (Phi) is 9.36. The van der Waals surface area contributed by atoms with Crippen molar-refractivity contribution in [2.75, 3.05) is 45.9 Å². The number of imide groups is 1. The van der Waals surface area contributed by atoms with E-state index in [1.807, 2.05) is 55.5 Å². The number of nitrogens with zero attached hydrogens (tertiary/aromatic N) is 2. The molecule has 4 amide bonds. The van der Waals surface area contributed by atoms with Crippen LogP contribution >= 0.6 is 0 Å². The number of carbonyl (C=O) groups excluding carboxylic acids is 3. The van der Waals surface area contributed by atoms with Crippen LogP contribution in [0.25, 0.3) is 11.0 Å². The number of amides is 4. The molecule has 2 heterocycles. The first-order valence-corrected chi connectivity index (χ1v) is 14.7. The average Bonchev–Trinajstić information content (AvgIpc) is 3.64. The van der Waals surface area contributed by atoms with E-state index in [9.17, 15) is 14.4 Å². The fourth-order valence-electron chi connectivity index (χ4n) is 5.78. The number of benzene rings is 2. The number of aryl methyl sites for hydroxylation is 1. The standard InChI is InChI=1S/C32H40N4O5/c1-24-10-11-27-26(22-24)23-28(41-27)29(37)34-32(13-5-6-14-32)30(38)36(17-12-25-8-3-2-4-9-25)31(39)33-15-7-16-35-18-20-40-21-19-35/h2-4,8-11,22-23H,5-7,12-21H2,1H3,(H,33,39)(H,34,37). The van der Waals surface area contributed by atoms with Gasteiger partial charge in [-0.3, -0.25) is 19.4 Å². The van der Waals surface area contributed by atoms with Crippen LogP contribution in [0.4, 0.5) is 4.79 Å². The zero-order valence-corrected chi connectivity index (χ0v) is 23.8. The predicted molar refractivity (Wildman–Crippen MR) is 157 cm³/mol. The fraction of sp³-hybridized carbons (Fsp3) is 0.469. The Hall–Kier alpha value is -3.69. The maximum atomic E-state index is 14.2. The Morgan fingerprint density at radius 3 is 2.51 bits per heavy atom. The van der Waals surface area contributed by atoms with Gasteiger partial charge in [-0.05, 0) is 62.9 Å². The van der Waals surface area contributed by atoms with Crippen LogP contribution in [0.2, 0.25) is 0 Å². The van der Waals surface area contributed by atoms with Crippen molar-refractivity contribution in [2.45, 2.75) is 51.0 Å². The monoisotopic (exact) mass is 560 g/mol. The molecule has 0 spiro atoms. The smallest absolute Gasteiger partial charge is 0.324 e. The van der Waals surface area contributed by atoms with Crippen LogP contribution in [0.5, 0.6) is 0 Å². The minimum Gasteiger partial charge on any atom is -0.451 e. The normalized spacial score (nSPS) is 16.9. The van der Waals surface area contributed by atoms with Crippen LogP contribution in [0.3, 0.4) is 0 Å². The summed E-state index contributed by atoms with van der Waals surface area (Å²) < 4.78 is 11.2. The second kappa shape index (κ2) is 13.3. The van der Waals surface area contributed by atoms with Crippen molar-refractivity contribution < 1.29 is 23.5 Å². The third-order valence-corrected chi connectivity index (χ3v) is 8.10. The highest BCUT2D eigenvalue weighted by Gasteiger charge is 2.46. The first-order valence-electron chi connectivity index (χ1n) is 14.7. The van der Waals surface area contributed by atoms with E-state index in [1.54, 1.807) is 6.07 Å². The van der Waals surface area contributed by atoms with Gasteiger partial charge in [0.15, 0.2) is 5.76 Å². The second-order valence-corrected chi connectivity index (χ2v) is 11.1. The highest BCUT2D eigenvalue weighted by molar-refractivity contribution is 6.04. The fourth-order valence-corrected chi connectivity index (χ4v) is 5.78. The van der Waals surface area contributed by atoms with E-state index >= 15 is 0 Å². The maximum Gasteiger partial charge on any atom is 0.324 e. The number of morpholine rings is 1. The van der Waals surface area contributed by atoms with E-state index in [-0.39, 0.29) is 18.2 Å². The van der Waals surface area contributed by atoms with Gasteiger partial charge >= 0.3 is 6.03 Å². The van der Waals surface area contributed by atoms with Crippen molar-refractivity contribution >= 4 is 28.8 Å². The van der Waals surface area contributed by atoms with Crippen molar-refractivity contribution in [2.24, 2.45) is 0 Å². The number of ether oxygens (including phenoxy) is 1. The molecule has 9 heteroatoms. The minimum atomic E-state index is -1.16. The molecule has 1 aliphatic heterocycles. The Morgan fingerprint density at radius 2 is 1.76 bits per heavy atom. The lowest BCUT2D eigenvalue weighted by molar-refractivity contribution is -0.134. The van der Waals surface area contributed by atoms with E-state index in [2.05, 4.69) is 15.5 Å². The lowest BCUT2D eigenvalue weighted by Gasteiger charge is -2.34. The number of carbonyl (C=O) groups is 3.